The third kappa shape index (κ3) is 4.94. The third-order valence-corrected chi connectivity index (χ3v) is 4.09. The average molecular weight is 243 g/mol. The minimum Gasteiger partial charge on any atom is -0.396 e. The van der Waals surface area contributed by atoms with Crippen LogP contribution in [0.4, 0.5) is 0 Å². The highest BCUT2D eigenvalue weighted by atomic mass is 16.5. The molecule has 102 valence electrons. The molecule has 3 atom stereocenters. The lowest BCUT2D eigenvalue weighted by Crippen LogP contribution is -2.42. The average Bonchev–Trinajstić information content (AvgIpc) is 2.34. The van der Waals surface area contributed by atoms with Crippen LogP contribution in [-0.2, 0) is 4.74 Å². The lowest BCUT2D eigenvalue weighted by atomic mass is 9.79. The Bertz CT molecular complexity index is 197. The van der Waals surface area contributed by atoms with E-state index in [1.54, 1.807) is 7.11 Å². The van der Waals surface area contributed by atoms with Gasteiger partial charge in [0.1, 0.15) is 0 Å². The Labute approximate surface area is 106 Å². The van der Waals surface area contributed by atoms with Crippen LogP contribution in [0.1, 0.15) is 39.5 Å². The maximum Gasteiger partial charge on any atom is 0.0618 e. The van der Waals surface area contributed by atoms with Gasteiger partial charge in [-0.05, 0) is 37.1 Å². The van der Waals surface area contributed by atoms with Gasteiger partial charge in [0.05, 0.1) is 6.61 Å². The number of aliphatic hydroxyl groups is 1. The van der Waals surface area contributed by atoms with Crippen LogP contribution < -0.4 is 5.32 Å². The molecular weight excluding hydrogens is 214 g/mol. The highest BCUT2D eigenvalue weighted by molar-refractivity contribution is 4.79. The van der Waals surface area contributed by atoms with E-state index in [1.165, 1.54) is 25.7 Å². The van der Waals surface area contributed by atoms with Crippen molar-refractivity contribution < 1.29 is 9.84 Å². The van der Waals surface area contributed by atoms with Crippen LogP contribution in [0, 0.1) is 17.8 Å². The highest BCUT2D eigenvalue weighted by Crippen LogP contribution is 2.29. The molecule has 0 amide bonds. The summed E-state index contributed by atoms with van der Waals surface area (Å²) in [6, 6.07) is 0.432. The van der Waals surface area contributed by atoms with Crippen LogP contribution in [0.15, 0.2) is 0 Å². The summed E-state index contributed by atoms with van der Waals surface area (Å²) >= 11 is 0. The van der Waals surface area contributed by atoms with Gasteiger partial charge in [0.2, 0.25) is 0 Å². The molecule has 1 saturated carbocycles. The molecular formula is C14H29NO2. The molecule has 2 N–H and O–H groups in total. The Kier molecular flexibility index (Phi) is 7.09. The number of ether oxygens (including phenoxy) is 1. The third-order valence-electron chi connectivity index (χ3n) is 4.09. The van der Waals surface area contributed by atoms with Gasteiger partial charge in [-0.15, -0.1) is 0 Å². The van der Waals surface area contributed by atoms with Gasteiger partial charge in [-0.2, -0.15) is 0 Å². The minimum absolute atomic E-state index is 0.350. The molecule has 0 bridgehead atoms. The molecule has 3 nitrogen and oxygen atoms in total. The van der Waals surface area contributed by atoms with E-state index in [-0.39, 0.29) is 0 Å². The molecule has 0 aromatic rings. The molecule has 3 unspecified atom stereocenters. The highest BCUT2D eigenvalue weighted by Gasteiger charge is 2.25. The van der Waals surface area contributed by atoms with Crippen LogP contribution in [0.5, 0.6) is 0 Å². The first-order valence-electron chi connectivity index (χ1n) is 7.02. The number of hydrogen-bond donors (Lipinski definition) is 2. The van der Waals surface area contributed by atoms with Gasteiger partial charge in [0.15, 0.2) is 0 Å². The SMILES string of the molecule is COCC(NCC1CCCCC1CO)C(C)C. The maximum atomic E-state index is 9.39. The minimum atomic E-state index is 0.350. The number of methoxy groups -OCH3 is 1. The van der Waals surface area contributed by atoms with Crippen LogP contribution in [-0.4, -0.2) is 38.0 Å². The van der Waals surface area contributed by atoms with E-state index in [9.17, 15) is 5.11 Å². The van der Waals surface area contributed by atoms with Crippen molar-refractivity contribution in [1.82, 2.24) is 5.32 Å². The number of rotatable bonds is 7. The molecule has 0 aliphatic heterocycles. The molecule has 1 rings (SSSR count). The van der Waals surface area contributed by atoms with Crippen molar-refractivity contribution in [3.05, 3.63) is 0 Å². The van der Waals surface area contributed by atoms with E-state index >= 15 is 0 Å². The fourth-order valence-electron chi connectivity index (χ4n) is 2.76. The quantitative estimate of drug-likeness (QED) is 0.719. The summed E-state index contributed by atoms with van der Waals surface area (Å²) in [5.41, 5.74) is 0. The van der Waals surface area contributed by atoms with Crippen LogP contribution >= 0.6 is 0 Å². The normalized spacial score (nSPS) is 27.4. The zero-order valence-electron chi connectivity index (χ0n) is 11.6. The number of hydrogen-bond acceptors (Lipinski definition) is 3. The second-order valence-electron chi connectivity index (χ2n) is 5.70. The summed E-state index contributed by atoms with van der Waals surface area (Å²) < 4.78 is 5.25. The van der Waals surface area contributed by atoms with Crippen molar-refractivity contribution in [2.45, 2.75) is 45.6 Å². The maximum absolute atomic E-state index is 9.39. The molecule has 1 fully saturated rings. The molecule has 0 aromatic heterocycles. The predicted octanol–water partition coefficient (Wildman–Crippen LogP) is 2.05. The van der Waals surface area contributed by atoms with Gasteiger partial charge in [0.25, 0.3) is 0 Å². The summed E-state index contributed by atoms with van der Waals surface area (Å²) in [5.74, 6) is 1.74. The Morgan fingerprint density at radius 3 is 2.41 bits per heavy atom. The Morgan fingerprint density at radius 1 is 1.24 bits per heavy atom. The summed E-state index contributed by atoms with van der Waals surface area (Å²) in [6.07, 6.45) is 5.06. The first kappa shape index (κ1) is 14.9. The van der Waals surface area contributed by atoms with Crippen LogP contribution in [0.3, 0.4) is 0 Å². The summed E-state index contributed by atoms with van der Waals surface area (Å²) in [6.45, 7) is 6.59. The molecule has 1 aliphatic rings. The summed E-state index contributed by atoms with van der Waals surface area (Å²) in [4.78, 5) is 0. The van der Waals surface area contributed by atoms with Crippen LogP contribution in [0.25, 0.3) is 0 Å². The monoisotopic (exact) mass is 243 g/mol. The van der Waals surface area contributed by atoms with Crippen molar-refractivity contribution in [1.29, 1.82) is 0 Å². The largest absolute Gasteiger partial charge is 0.396 e. The van der Waals surface area contributed by atoms with E-state index in [0.29, 0.717) is 30.4 Å². The van der Waals surface area contributed by atoms with E-state index in [0.717, 1.165) is 13.2 Å². The Morgan fingerprint density at radius 2 is 1.88 bits per heavy atom. The fourth-order valence-corrected chi connectivity index (χ4v) is 2.76. The van der Waals surface area contributed by atoms with Gasteiger partial charge in [-0.25, -0.2) is 0 Å². The molecule has 17 heavy (non-hydrogen) atoms. The first-order valence-corrected chi connectivity index (χ1v) is 7.02. The van der Waals surface area contributed by atoms with E-state index < -0.39 is 0 Å². The van der Waals surface area contributed by atoms with Crippen LogP contribution in [0.2, 0.25) is 0 Å². The van der Waals surface area contributed by atoms with Crippen molar-refractivity contribution in [3.63, 3.8) is 0 Å². The summed E-state index contributed by atoms with van der Waals surface area (Å²) in [7, 11) is 1.76. The Balaban J connectivity index is 2.35. The zero-order valence-corrected chi connectivity index (χ0v) is 11.6. The van der Waals surface area contributed by atoms with Gasteiger partial charge >= 0.3 is 0 Å². The smallest absolute Gasteiger partial charge is 0.0618 e. The second-order valence-corrected chi connectivity index (χ2v) is 5.70. The van der Waals surface area contributed by atoms with Gasteiger partial charge in [0, 0.05) is 19.8 Å². The van der Waals surface area contributed by atoms with Crippen molar-refractivity contribution in [3.8, 4) is 0 Å². The molecule has 3 heteroatoms. The van der Waals surface area contributed by atoms with Gasteiger partial charge in [-0.3, -0.25) is 0 Å². The molecule has 0 saturated heterocycles. The molecule has 0 radical (unpaired) electrons. The van der Waals surface area contributed by atoms with E-state index in [1.807, 2.05) is 0 Å². The zero-order chi connectivity index (χ0) is 12.7. The topological polar surface area (TPSA) is 41.5 Å². The van der Waals surface area contributed by atoms with E-state index in [2.05, 4.69) is 19.2 Å². The number of nitrogens with one attached hydrogen (secondary N) is 1. The molecule has 0 heterocycles. The number of aliphatic hydroxyl groups excluding tert-OH is 1. The lowest BCUT2D eigenvalue weighted by Gasteiger charge is -2.32. The predicted molar refractivity (Wildman–Crippen MR) is 71.0 cm³/mol. The van der Waals surface area contributed by atoms with E-state index in [4.69, 9.17) is 4.74 Å². The molecule has 0 aromatic carbocycles. The first-order chi connectivity index (χ1) is 8.19. The van der Waals surface area contributed by atoms with Gasteiger partial charge in [-0.1, -0.05) is 26.7 Å². The van der Waals surface area contributed by atoms with Gasteiger partial charge < -0.3 is 15.2 Å². The fraction of sp³-hybridized carbons (Fsp3) is 1.00. The standard InChI is InChI=1S/C14H29NO2/c1-11(2)14(10-17-3)15-8-12-6-4-5-7-13(12)9-16/h11-16H,4-10H2,1-3H3. The second kappa shape index (κ2) is 8.06. The van der Waals surface area contributed by atoms with Crippen molar-refractivity contribution >= 4 is 0 Å². The van der Waals surface area contributed by atoms with Crippen molar-refractivity contribution in [2.24, 2.45) is 17.8 Å². The van der Waals surface area contributed by atoms with Crippen molar-refractivity contribution in [2.75, 3.05) is 26.9 Å². The summed E-state index contributed by atoms with van der Waals surface area (Å²) in [5, 5.41) is 13.0. The Hall–Kier alpha value is -0.120. The lowest BCUT2D eigenvalue weighted by molar-refractivity contribution is 0.113. The molecule has 1 aliphatic carbocycles. The molecule has 0 spiro atoms.